The molecule has 2 amide bonds. The highest BCUT2D eigenvalue weighted by molar-refractivity contribution is 7.89. The predicted molar refractivity (Wildman–Crippen MR) is 113 cm³/mol. The van der Waals surface area contributed by atoms with Crippen LogP contribution in [0.3, 0.4) is 0 Å². The molecule has 0 aliphatic carbocycles. The summed E-state index contributed by atoms with van der Waals surface area (Å²) in [5.41, 5.74) is 0.837. The van der Waals surface area contributed by atoms with Gasteiger partial charge in [0.2, 0.25) is 10.0 Å². The van der Waals surface area contributed by atoms with E-state index in [1.807, 2.05) is 0 Å². The number of benzene rings is 2. The fourth-order valence-electron chi connectivity index (χ4n) is 2.50. The molecule has 156 valence electrons. The summed E-state index contributed by atoms with van der Waals surface area (Å²) in [4.78, 5) is 25.0. The highest BCUT2D eigenvalue weighted by Gasteiger charge is 2.18. The van der Waals surface area contributed by atoms with E-state index < -0.39 is 21.8 Å². The molecule has 1 aromatic heterocycles. The number of rotatable bonds is 6. The normalized spacial score (nSPS) is 11.3. The Kier molecular flexibility index (Phi) is 6.25. The van der Waals surface area contributed by atoms with Gasteiger partial charge in [-0.2, -0.15) is 0 Å². The third-order valence-electron chi connectivity index (χ3n) is 4.12. The third-order valence-corrected chi connectivity index (χ3v) is 6.18. The predicted octanol–water partition coefficient (Wildman–Crippen LogP) is 3.69. The van der Waals surface area contributed by atoms with Gasteiger partial charge in [-0.3, -0.25) is 9.59 Å². The van der Waals surface area contributed by atoms with E-state index in [1.165, 1.54) is 56.8 Å². The van der Waals surface area contributed by atoms with Gasteiger partial charge < -0.3 is 15.1 Å². The highest BCUT2D eigenvalue weighted by atomic mass is 35.5. The van der Waals surface area contributed by atoms with Crippen LogP contribution >= 0.6 is 11.6 Å². The molecule has 0 saturated carbocycles. The fourth-order valence-corrected chi connectivity index (χ4v) is 3.58. The summed E-state index contributed by atoms with van der Waals surface area (Å²) in [7, 11) is -0.743. The van der Waals surface area contributed by atoms with Gasteiger partial charge in [-0.25, -0.2) is 12.7 Å². The molecule has 30 heavy (non-hydrogen) atoms. The number of carbonyl (C=O) groups is 2. The lowest BCUT2D eigenvalue weighted by Gasteiger charge is -2.13. The zero-order valence-corrected chi connectivity index (χ0v) is 17.6. The molecule has 2 aromatic carbocycles. The first-order chi connectivity index (χ1) is 14.2. The number of amides is 2. The molecule has 0 aliphatic heterocycles. The topological polar surface area (TPSA) is 109 Å². The van der Waals surface area contributed by atoms with Gasteiger partial charge in [-0.05, 0) is 54.6 Å². The van der Waals surface area contributed by atoms with Crippen molar-refractivity contribution >= 4 is 44.8 Å². The molecule has 0 unspecified atom stereocenters. The van der Waals surface area contributed by atoms with Crippen LogP contribution < -0.4 is 10.6 Å². The van der Waals surface area contributed by atoms with Crippen molar-refractivity contribution in [3.63, 3.8) is 0 Å². The van der Waals surface area contributed by atoms with E-state index in [9.17, 15) is 18.0 Å². The fraction of sp³-hybridized carbons (Fsp3) is 0.100. The zero-order chi connectivity index (χ0) is 21.9. The van der Waals surface area contributed by atoms with Gasteiger partial charge in [-0.1, -0.05) is 11.6 Å². The minimum absolute atomic E-state index is 0.0712. The highest BCUT2D eigenvalue weighted by Crippen LogP contribution is 2.27. The van der Waals surface area contributed by atoms with E-state index >= 15 is 0 Å². The molecule has 0 aliphatic rings. The van der Waals surface area contributed by atoms with Gasteiger partial charge in [0.15, 0.2) is 5.76 Å². The van der Waals surface area contributed by atoms with Crippen LogP contribution in [-0.4, -0.2) is 38.6 Å². The maximum atomic E-state index is 12.6. The minimum atomic E-state index is -3.59. The Morgan fingerprint density at radius 1 is 0.933 bits per heavy atom. The van der Waals surface area contributed by atoms with Crippen LogP contribution in [0, 0.1) is 0 Å². The molecule has 0 saturated heterocycles. The van der Waals surface area contributed by atoms with Crippen molar-refractivity contribution in [1.82, 2.24) is 4.31 Å². The van der Waals surface area contributed by atoms with Crippen LogP contribution in [0.25, 0.3) is 0 Å². The molecule has 2 N–H and O–H groups in total. The lowest BCUT2D eigenvalue weighted by atomic mass is 10.2. The summed E-state index contributed by atoms with van der Waals surface area (Å²) in [5.74, 6) is -0.888. The van der Waals surface area contributed by atoms with Crippen molar-refractivity contribution in [1.29, 1.82) is 0 Å². The minimum Gasteiger partial charge on any atom is -0.459 e. The van der Waals surface area contributed by atoms with E-state index in [2.05, 4.69) is 10.6 Å². The van der Waals surface area contributed by atoms with Crippen molar-refractivity contribution in [3.05, 3.63) is 77.2 Å². The number of hydrogen-bond donors (Lipinski definition) is 2. The molecule has 0 atom stereocenters. The lowest BCUT2D eigenvalue weighted by Crippen LogP contribution is -2.22. The quantitative estimate of drug-likeness (QED) is 0.599. The molecule has 10 heteroatoms. The number of furan rings is 1. The Labute approximate surface area is 178 Å². The van der Waals surface area contributed by atoms with Gasteiger partial charge in [0.25, 0.3) is 11.8 Å². The molecule has 0 radical (unpaired) electrons. The number of halogens is 1. The summed E-state index contributed by atoms with van der Waals surface area (Å²) in [6.45, 7) is 0. The second-order valence-corrected chi connectivity index (χ2v) is 8.98. The Balaban J connectivity index is 1.81. The zero-order valence-electron chi connectivity index (χ0n) is 16.0. The van der Waals surface area contributed by atoms with E-state index in [-0.39, 0.29) is 21.9 Å². The number of nitrogens with one attached hydrogen (secondary N) is 2. The van der Waals surface area contributed by atoms with Crippen molar-refractivity contribution in [2.45, 2.75) is 4.90 Å². The maximum Gasteiger partial charge on any atom is 0.291 e. The van der Waals surface area contributed by atoms with E-state index in [4.69, 9.17) is 16.0 Å². The molecule has 0 fully saturated rings. The number of carbonyl (C=O) groups excluding carboxylic acids is 2. The first-order valence-electron chi connectivity index (χ1n) is 8.67. The smallest absolute Gasteiger partial charge is 0.291 e. The average Bonchev–Trinajstić information content (AvgIpc) is 3.25. The number of anilines is 2. The first kappa shape index (κ1) is 21.6. The Bertz CT molecular complexity index is 1170. The van der Waals surface area contributed by atoms with Crippen LogP contribution in [-0.2, 0) is 10.0 Å². The lowest BCUT2D eigenvalue weighted by molar-refractivity contribution is 0.0993. The Morgan fingerprint density at radius 2 is 1.60 bits per heavy atom. The van der Waals surface area contributed by atoms with Crippen molar-refractivity contribution in [2.24, 2.45) is 0 Å². The van der Waals surface area contributed by atoms with E-state index in [0.29, 0.717) is 10.7 Å². The number of sulfonamides is 1. The summed E-state index contributed by atoms with van der Waals surface area (Å²) >= 11 is 6.02. The summed E-state index contributed by atoms with van der Waals surface area (Å²) in [5, 5.41) is 5.68. The summed E-state index contributed by atoms with van der Waals surface area (Å²) in [6, 6.07) is 13.2. The monoisotopic (exact) mass is 447 g/mol. The van der Waals surface area contributed by atoms with E-state index in [1.54, 1.807) is 18.2 Å². The summed E-state index contributed by atoms with van der Waals surface area (Å²) in [6.07, 6.45) is 1.37. The molecular weight excluding hydrogens is 430 g/mol. The molecule has 0 bridgehead atoms. The van der Waals surface area contributed by atoms with Gasteiger partial charge in [0, 0.05) is 24.7 Å². The molecule has 1 heterocycles. The van der Waals surface area contributed by atoms with Gasteiger partial charge in [-0.15, -0.1) is 0 Å². The Hall–Kier alpha value is -3.14. The van der Waals surface area contributed by atoms with Crippen molar-refractivity contribution in [2.75, 3.05) is 24.7 Å². The van der Waals surface area contributed by atoms with Gasteiger partial charge >= 0.3 is 0 Å². The third kappa shape index (κ3) is 4.70. The Morgan fingerprint density at radius 3 is 2.20 bits per heavy atom. The largest absolute Gasteiger partial charge is 0.459 e. The van der Waals surface area contributed by atoms with E-state index in [0.717, 1.165) is 4.31 Å². The second kappa shape index (κ2) is 8.70. The van der Waals surface area contributed by atoms with Crippen molar-refractivity contribution in [3.8, 4) is 0 Å². The molecule has 0 spiro atoms. The molecule has 3 aromatic rings. The van der Waals surface area contributed by atoms with Crippen LogP contribution in [0.15, 0.2) is 70.2 Å². The molecule has 3 rings (SSSR count). The first-order valence-corrected chi connectivity index (χ1v) is 10.5. The average molecular weight is 448 g/mol. The molecular formula is C20H18ClN3O5S. The van der Waals surface area contributed by atoms with Gasteiger partial charge in [0.1, 0.15) is 0 Å². The van der Waals surface area contributed by atoms with Crippen LogP contribution in [0.2, 0.25) is 5.02 Å². The second-order valence-electron chi connectivity index (χ2n) is 6.39. The maximum absolute atomic E-state index is 12.6. The van der Waals surface area contributed by atoms with Crippen LogP contribution in [0.1, 0.15) is 20.9 Å². The number of nitrogens with zero attached hydrogens (tertiary/aromatic N) is 1. The molecule has 8 nitrogen and oxygen atoms in total. The van der Waals surface area contributed by atoms with Crippen LogP contribution in [0.4, 0.5) is 11.4 Å². The summed E-state index contributed by atoms with van der Waals surface area (Å²) < 4.78 is 30.4. The SMILES string of the molecule is CN(C)S(=O)(=O)c1ccc(C(=O)Nc2ccc(Cl)cc2NC(=O)c2ccco2)cc1. The van der Waals surface area contributed by atoms with Gasteiger partial charge in [0.05, 0.1) is 22.5 Å². The van der Waals surface area contributed by atoms with Crippen molar-refractivity contribution < 1.29 is 22.4 Å². The standard InChI is InChI=1S/C20H18ClN3O5S/c1-24(2)30(27,28)15-8-5-13(6-9-15)19(25)22-16-10-7-14(21)12-17(16)23-20(26)18-4-3-11-29-18/h3-12H,1-2H3,(H,22,25)(H,23,26). The van der Waals surface area contributed by atoms with Crippen LogP contribution in [0.5, 0.6) is 0 Å². The number of hydrogen-bond acceptors (Lipinski definition) is 5.